The second kappa shape index (κ2) is 6.91. The molecule has 1 aromatic heterocycles. The zero-order valence-electron chi connectivity index (χ0n) is 11.3. The summed E-state index contributed by atoms with van der Waals surface area (Å²) in [4.78, 5) is 18.0. The number of amides is 1. The summed E-state index contributed by atoms with van der Waals surface area (Å²) >= 11 is 1.66. The van der Waals surface area contributed by atoms with Gasteiger partial charge in [-0.25, -0.2) is 0 Å². The Morgan fingerprint density at radius 2 is 2.42 bits per heavy atom. The lowest BCUT2D eigenvalue weighted by Crippen LogP contribution is -2.41. The number of likely N-dealkylation sites (tertiary alicyclic amines) is 1. The number of piperidine rings is 1. The van der Waals surface area contributed by atoms with Crippen LogP contribution in [0.1, 0.15) is 30.5 Å². The lowest BCUT2D eigenvalue weighted by molar-refractivity contribution is -0.134. The molecule has 1 saturated heterocycles. The van der Waals surface area contributed by atoms with E-state index in [1.54, 1.807) is 18.9 Å². The third-order valence-electron chi connectivity index (χ3n) is 3.17. The molecule has 1 amide bonds. The SMILES string of the molecule is COCCN1C[C@H](c2nc(CSC)no2)CCC1=O. The summed E-state index contributed by atoms with van der Waals surface area (Å²) < 4.78 is 10.3. The number of hydrogen-bond donors (Lipinski definition) is 0. The van der Waals surface area contributed by atoms with Crippen LogP contribution in [0.15, 0.2) is 4.52 Å². The van der Waals surface area contributed by atoms with Gasteiger partial charge >= 0.3 is 0 Å². The maximum Gasteiger partial charge on any atom is 0.231 e. The molecule has 1 aliphatic rings. The molecular formula is C12H19N3O3S. The maximum atomic E-state index is 11.8. The molecule has 2 heterocycles. The molecule has 0 unspecified atom stereocenters. The van der Waals surface area contributed by atoms with Gasteiger partial charge in [0, 0.05) is 26.6 Å². The Bertz CT molecular complexity index is 424. The molecule has 0 saturated carbocycles. The molecule has 0 aliphatic carbocycles. The number of aromatic nitrogens is 2. The minimum Gasteiger partial charge on any atom is -0.383 e. The first-order valence-electron chi connectivity index (χ1n) is 6.32. The van der Waals surface area contributed by atoms with Crippen LogP contribution in [-0.4, -0.2) is 54.0 Å². The highest BCUT2D eigenvalue weighted by Gasteiger charge is 2.29. The van der Waals surface area contributed by atoms with Gasteiger partial charge in [-0.2, -0.15) is 16.7 Å². The van der Waals surface area contributed by atoms with E-state index in [0.717, 1.165) is 18.0 Å². The Kier molecular flexibility index (Phi) is 5.21. The fourth-order valence-corrected chi connectivity index (χ4v) is 2.53. The van der Waals surface area contributed by atoms with E-state index in [9.17, 15) is 4.79 Å². The van der Waals surface area contributed by atoms with E-state index in [-0.39, 0.29) is 11.8 Å². The van der Waals surface area contributed by atoms with Gasteiger partial charge < -0.3 is 14.2 Å². The minimum absolute atomic E-state index is 0.151. The number of carbonyl (C=O) groups excluding carboxylic acids is 1. The quantitative estimate of drug-likeness (QED) is 0.784. The summed E-state index contributed by atoms with van der Waals surface area (Å²) in [5.74, 6) is 2.46. The third kappa shape index (κ3) is 3.70. The molecule has 0 aromatic carbocycles. The first-order valence-corrected chi connectivity index (χ1v) is 7.72. The molecule has 0 N–H and O–H groups in total. The number of ether oxygens (including phenoxy) is 1. The fraction of sp³-hybridized carbons (Fsp3) is 0.750. The van der Waals surface area contributed by atoms with Crippen LogP contribution >= 0.6 is 11.8 Å². The molecule has 6 nitrogen and oxygen atoms in total. The van der Waals surface area contributed by atoms with Crippen LogP contribution in [0.25, 0.3) is 0 Å². The van der Waals surface area contributed by atoms with E-state index in [1.807, 2.05) is 11.2 Å². The van der Waals surface area contributed by atoms with Crippen LogP contribution in [0.5, 0.6) is 0 Å². The van der Waals surface area contributed by atoms with E-state index in [1.165, 1.54) is 0 Å². The van der Waals surface area contributed by atoms with Crippen molar-refractivity contribution < 1.29 is 14.1 Å². The van der Waals surface area contributed by atoms with Gasteiger partial charge in [-0.15, -0.1) is 0 Å². The Hall–Kier alpha value is -1.08. The summed E-state index contributed by atoms with van der Waals surface area (Å²) in [5.41, 5.74) is 0. The van der Waals surface area contributed by atoms with Crippen molar-refractivity contribution in [1.29, 1.82) is 0 Å². The van der Waals surface area contributed by atoms with Crippen molar-refractivity contribution in [2.45, 2.75) is 24.5 Å². The van der Waals surface area contributed by atoms with Crippen LogP contribution < -0.4 is 0 Å². The molecular weight excluding hydrogens is 266 g/mol. The Morgan fingerprint density at radius 3 is 3.16 bits per heavy atom. The number of thioether (sulfide) groups is 1. The largest absolute Gasteiger partial charge is 0.383 e. The molecule has 1 aliphatic heterocycles. The van der Waals surface area contributed by atoms with Gasteiger partial charge in [-0.05, 0) is 12.7 Å². The molecule has 1 aromatic rings. The van der Waals surface area contributed by atoms with Crippen molar-refractivity contribution in [1.82, 2.24) is 15.0 Å². The second-order valence-electron chi connectivity index (χ2n) is 4.55. The predicted octanol–water partition coefficient (Wildman–Crippen LogP) is 1.29. The standard InChI is InChI=1S/C12H19N3O3S/c1-17-6-5-15-7-9(3-4-11(15)16)12-13-10(8-19-2)14-18-12/h9H,3-8H2,1-2H3/t9-/m1/s1. The molecule has 19 heavy (non-hydrogen) atoms. The summed E-state index contributed by atoms with van der Waals surface area (Å²) in [6.07, 6.45) is 3.32. The highest BCUT2D eigenvalue weighted by Crippen LogP contribution is 2.26. The van der Waals surface area contributed by atoms with Crippen molar-refractivity contribution in [2.24, 2.45) is 0 Å². The number of carbonyl (C=O) groups is 1. The predicted molar refractivity (Wildman–Crippen MR) is 71.9 cm³/mol. The van der Waals surface area contributed by atoms with E-state index >= 15 is 0 Å². The lowest BCUT2D eigenvalue weighted by atomic mass is 9.97. The molecule has 1 atom stereocenters. The van der Waals surface area contributed by atoms with Crippen LogP contribution in [0.4, 0.5) is 0 Å². The third-order valence-corrected chi connectivity index (χ3v) is 3.72. The van der Waals surface area contributed by atoms with E-state index in [4.69, 9.17) is 9.26 Å². The zero-order valence-corrected chi connectivity index (χ0v) is 12.1. The summed E-state index contributed by atoms with van der Waals surface area (Å²) in [6, 6.07) is 0. The van der Waals surface area contributed by atoms with Gasteiger partial charge in [0.25, 0.3) is 0 Å². The van der Waals surface area contributed by atoms with Crippen LogP contribution in [0.2, 0.25) is 0 Å². The number of nitrogens with zero attached hydrogens (tertiary/aromatic N) is 3. The van der Waals surface area contributed by atoms with Crippen LogP contribution in [0.3, 0.4) is 0 Å². The van der Waals surface area contributed by atoms with Gasteiger partial charge in [-0.3, -0.25) is 4.79 Å². The van der Waals surface area contributed by atoms with Gasteiger partial charge in [0.05, 0.1) is 18.3 Å². The zero-order chi connectivity index (χ0) is 13.7. The molecule has 7 heteroatoms. The second-order valence-corrected chi connectivity index (χ2v) is 5.42. The lowest BCUT2D eigenvalue weighted by Gasteiger charge is -2.30. The Morgan fingerprint density at radius 1 is 1.58 bits per heavy atom. The molecule has 0 spiro atoms. The highest BCUT2D eigenvalue weighted by atomic mass is 32.2. The van der Waals surface area contributed by atoms with Gasteiger partial charge in [0.2, 0.25) is 11.8 Å². The summed E-state index contributed by atoms with van der Waals surface area (Å²) in [5, 5.41) is 3.95. The average molecular weight is 285 g/mol. The van der Waals surface area contributed by atoms with Crippen LogP contribution in [0, 0.1) is 0 Å². The van der Waals surface area contributed by atoms with Crippen molar-refractivity contribution in [3.63, 3.8) is 0 Å². The Balaban J connectivity index is 1.97. The van der Waals surface area contributed by atoms with E-state index in [0.29, 0.717) is 32.0 Å². The number of rotatable bonds is 6. The van der Waals surface area contributed by atoms with Crippen molar-refractivity contribution >= 4 is 17.7 Å². The first-order chi connectivity index (χ1) is 9.24. The van der Waals surface area contributed by atoms with Crippen molar-refractivity contribution in [2.75, 3.05) is 33.1 Å². The topological polar surface area (TPSA) is 68.5 Å². The molecule has 2 rings (SSSR count). The molecule has 106 valence electrons. The monoisotopic (exact) mass is 285 g/mol. The number of methoxy groups -OCH3 is 1. The molecule has 0 bridgehead atoms. The van der Waals surface area contributed by atoms with Crippen LogP contribution in [-0.2, 0) is 15.3 Å². The van der Waals surface area contributed by atoms with E-state index in [2.05, 4.69) is 10.1 Å². The Labute approximate surface area is 116 Å². The first kappa shape index (κ1) is 14.3. The van der Waals surface area contributed by atoms with Crippen molar-refractivity contribution in [3.8, 4) is 0 Å². The normalized spacial score (nSPS) is 20.0. The summed E-state index contributed by atoms with van der Waals surface area (Å²) in [7, 11) is 1.64. The average Bonchev–Trinajstić information content (AvgIpc) is 2.87. The highest BCUT2D eigenvalue weighted by molar-refractivity contribution is 7.97. The maximum absolute atomic E-state index is 11.8. The van der Waals surface area contributed by atoms with Gasteiger partial charge in [-0.1, -0.05) is 5.16 Å². The smallest absolute Gasteiger partial charge is 0.231 e. The van der Waals surface area contributed by atoms with Gasteiger partial charge in [0.15, 0.2) is 5.82 Å². The number of hydrogen-bond acceptors (Lipinski definition) is 6. The molecule has 1 fully saturated rings. The molecule has 0 radical (unpaired) electrons. The van der Waals surface area contributed by atoms with Gasteiger partial charge in [0.1, 0.15) is 0 Å². The minimum atomic E-state index is 0.151. The fourth-order valence-electron chi connectivity index (χ4n) is 2.16. The van der Waals surface area contributed by atoms with E-state index < -0.39 is 0 Å². The summed E-state index contributed by atoms with van der Waals surface area (Å²) in [6.45, 7) is 1.82. The van der Waals surface area contributed by atoms with Crippen molar-refractivity contribution in [3.05, 3.63) is 11.7 Å².